The summed E-state index contributed by atoms with van der Waals surface area (Å²) in [6.45, 7) is 1.95. The highest BCUT2D eigenvalue weighted by atomic mass is 35.5. The van der Waals surface area contributed by atoms with Crippen LogP contribution in [0.5, 0.6) is 5.75 Å². The third-order valence-electron chi connectivity index (χ3n) is 5.18. The summed E-state index contributed by atoms with van der Waals surface area (Å²) in [6.07, 6.45) is 1.10. The molecule has 1 heterocycles. The summed E-state index contributed by atoms with van der Waals surface area (Å²) < 4.78 is 7.08. The van der Waals surface area contributed by atoms with Crippen LogP contribution in [0.2, 0.25) is 10.0 Å². The Labute approximate surface area is 179 Å². The minimum Gasteiger partial charge on any atom is -0.497 e. The Morgan fingerprint density at radius 2 is 1.76 bits per heavy atom. The Balaban J connectivity index is 1.65. The van der Waals surface area contributed by atoms with Crippen LogP contribution >= 0.6 is 23.2 Å². The molecule has 0 amide bonds. The van der Waals surface area contributed by atoms with Gasteiger partial charge in [0.2, 0.25) is 0 Å². The molecular weight excluding hydrogens is 407 g/mol. The zero-order valence-electron chi connectivity index (χ0n) is 16.0. The number of methoxy groups -OCH3 is 1. The molecule has 1 N–H and O–H groups in total. The quantitative estimate of drug-likeness (QED) is 0.414. The number of fused-ring (bicyclic) bond motifs is 1. The van der Waals surface area contributed by atoms with E-state index in [1.54, 1.807) is 25.4 Å². The number of aliphatic hydroxyl groups is 1. The van der Waals surface area contributed by atoms with Crippen LogP contribution in [0.25, 0.3) is 16.6 Å². The highest BCUT2D eigenvalue weighted by Gasteiger charge is 2.21. The molecule has 0 spiro atoms. The summed E-state index contributed by atoms with van der Waals surface area (Å²) in [5, 5.41) is 17.5. The average molecular weight is 427 g/mol. The molecule has 6 heteroatoms. The lowest BCUT2D eigenvalue weighted by Crippen LogP contribution is -2.08. The van der Waals surface area contributed by atoms with E-state index in [4.69, 9.17) is 27.9 Å². The van der Waals surface area contributed by atoms with E-state index in [2.05, 4.69) is 5.10 Å². The van der Waals surface area contributed by atoms with E-state index in [1.807, 2.05) is 60.1 Å². The topological polar surface area (TPSA) is 47.3 Å². The summed E-state index contributed by atoms with van der Waals surface area (Å²) in [5.74, 6) is 0.610. The first-order valence-corrected chi connectivity index (χ1v) is 9.98. The zero-order valence-corrected chi connectivity index (χ0v) is 17.5. The monoisotopic (exact) mass is 426 g/mol. The van der Waals surface area contributed by atoms with Gasteiger partial charge in [-0.2, -0.15) is 5.10 Å². The Kier molecular flexibility index (Phi) is 5.50. The van der Waals surface area contributed by atoms with Crippen molar-refractivity contribution in [2.75, 3.05) is 7.11 Å². The first-order valence-electron chi connectivity index (χ1n) is 9.23. The number of aliphatic hydroxyl groups excluding tert-OH is 1. The van der Waals surface area contributed by atoms with Crippen molar-refractivity contribution in [1.29, 1.82) is 0 Å². The predicted octanol–water partition coefficient (Wildman–Crippen LogP) is 6.18. The number of rotatable bonds is 5. The number of hydrogen-bond acceptors (Lipinski definition) is 3. The maximum Gasteiger partial charge on any atom is 0.119 e. The predicted molar refractivity (Wildman–Crippen MR) is 117 cm³/mol. The van der Waals surface area contributed by atoms with Crippen molar-refractivity contribution in [3.8, 4) is 11.4 Å². The fourth-order valence-electron chi connectivity index (χ4n) is 3.49. The van der Waals surface area contributed by atoms with Crippen LogP contribution in [0.15, 0.2) is 66.9 Å². The van der Waals surface area contributed by atoms with E-state index in [9.17, 15) is 5.11 Å². The Morgan fingerprint density at radius 3 is 2.45 bits per heavy atom. The number of halogens is 2. The van der Waals surface area contributed by atoms with Gasteiger partial charge in [0.25, 0.3) is 0 Å². The van der Waals surface area contributed by atoms with Crippen LogP contribution in [0.4, 0.5) is 0 Å². The molecular formula is C23H20Cl2N2O2. The van der Waals surface area contributed by atoms with E-state index in [0.29, 0.717) is 10.0 Å². The molecule has 4 aromatic rings. The SMILES string of the molecule is COc1ccc(-n2ncc3cc(C(O)C(C)c4ccc(Cl)cc4Cl)ccc32)cc1. The van der Waals surface area contributed by atoms with Crippen molar-refractivity contribution in [1.82, 2.24) is 9.78 Å². The normalized spacial score (nSPS) is 13.4. The zero-order chi connectivity index (χ0) is 20.5. The summed E-state index contributed by atoms with van der Waals surface area (Å²) in [7, 11) is 1.64. The van der Waals surface area contributed by atoms with Crippen molar-refractivity contribution in [2.24, 2.45) is 0 Å². The molecule has 0 saturated heterocycles. The van der Waals surface area contributed by atoms with Gasteiger partial charge in [-0.1, -0.05) is 42.3 Å². The second-order valence-corrected chi connectivity index (χ2v) is 7.82. The second-order valence-electron chi connectivity index (χ2n) is 6.97. The minimum atomic E-state index is -0.706. The van der Waals surface area contributed by atoms with E-state index in [-0.39, 0.29) is 5.92 Å². The molecule has 2 atom stereocenters. The number of ether oxygens (including phenoxy) is 1. The van der Waals surface area contributed by atoms with Crippen molar-refractivity contribution in [3.05, 3.63) is 88.0 Å². The largest absolute Gasteiger partial charge is 0.497 e. The van der Waals surface area contributed by atoms with Gasteiger partial charge in [-0.15, -0.1) is 0 Å². The minimum absolute atomic E-state index is 0.186. The molecule has 1 aromatic heterocycles. The molecule has 148 valence electrons. The molecule has 4 rings (SSSR count). The molecule has 29 heavy (non-hydrogen) atoms. The lowest BCUT2D eigenvalue weighted by atomic mass is 9.90. The molecule has 0 radical (unpaired) electrons. The van der Waals surface area contributed by atoms with Gasteiger partial charge in [0, 0.05) is 21.3 Å². The van der Waals surface area contributed by atoms with E-state index < -0.39 is 6.10 Å². The maximum atomic E-state index is 10.9. The van der Waals surface area contributed by atoms with Gasteiger partial charge in [-0.3, -0.25) is 0 Å². The van der Waals surface area contributed by atoms with Crippen LogP contribution < -0.4 is 4.74 Å². The average Bonchev–Trinajstić information content (AvgIpc) is 3.16. The first-order chi connectivity index (χ1) is 14.0. The molecule has 0 aliphatic rings. The van der Waals surface area contributed by atoms with Gasteiger partial charge in [0.1, 0.15) is 5.75 Å². The highest BCUT2D eigenvalue weighted by Crippen LogP contribution is 2.36. The van der Waals surface area contributed by atoms with E-state index >= 15 is 0 Å². The summed E-state index contributed by atoms with van der Waals surface area (Å²) in [6, 6.07) is 18.9. The summed E-state index contributed by atoms with van der Waals surface area (Å²) >= 11 is 12.3. The van der Waals surface area contributed by atoms with Crippen LogP contribution in [-0.4, -0.2) is 22.0 Å². The molecule has 0 aliphatic heterocycles. The molecule has 2 unspecified atom stereocenters. The van der Waals surface area contributed by atoms with Gasteiger partial charge >= 0.3 is 0 Å². The lowest BCUT2D eigenvalue weighted by molar-refractivity contribution is 0.152. The van der Waals surface area contributed by atoms with E-state index in [0.717, 1.165) is 33.5 Å². The fraction of sp³-hybridized carbons (Fsp3) is 0.174. The third kappa shape index (κ3) is 3.84. The van der Waals surface area contributed by atoms with Gasteiger partial charge in [0.05, 0.1) is 30.6 Å². The van der Waals surface area contributed by atoms with Crippen molar-refractivity contribution in [2.45, 2.75) is 18.9 Å². The van der Waals surface area contributed by atoms with Crippen LogP contribution in [-0.2, 0) is 0 Å². The van der Waals surface area contributed by atoms with Gasteiger partial charge in [-0.05, 0) is 59.7 Å². The van der Waals surface area contributed by atoms with Crippen LogP contribution in [0, 0.1) is 0 Å². The Hall–Kier alpha value is -2.53. The maximum absolute atomic E-state index is 10.9. The molecule has 4 nitrogen and oxygen atoms in total. The lowest BCUT2D eigenvalue weighted by Gasteiger charge is -2.21. The second kappa shape index (κ2) is 8.07. The highest BCUT2D eigenvalue weighted by molar-refractivity contribution is 6.35. The number of aromatic nitrogens is 2. The number of hydrogen-bond donors (Lipinski definition) is 1. The van der Waals surface area contributed by atoms with Crippen molar-refractivity contribution >= 4 is 34.1 Å². The first kappa shape index (κ1) is 19.8. The molecule has 3 aromatic carbocycles. The van der Waals surface area contributed by atoms with Crippen molar-refractivity contribution in [3.63, 3.8) is 0 Å². The van der Waals surface area contributed by atoms with Crippen LogP contribution in [0.3, 0.4) is 0 Å². The number of nitrogens with zero attached hydrogens (tertiary/aromatic N) is 2. The van der Waals surface area contributed by atoms with Crippen LogP contribution in [0.1, 0.15) is 30.1 Å². The third-order valence-corrected chi connectivity index (χ3v) is 5.74. The van der Waals surface area contributed by atoms with Gasteiger partial charge < -0.3 is 9.84 Å². The Bertz CT molecular complexity index is 1160. The molecule has 0 aliphatic carbocycles. The van der Waals surface area contributed by atoms with E-state index in [1.165, 1.54) is 0 Å². The fourth-order valence-corrected chi connectivity index (χ4v) is 4.07. The molecule has 0 bridgehead atoms. The van der Waals surface area contributed by atoms with Crippen molar-refractivity contribution < 1.29 is 9.84 Å². The summed E-state index contributed by atoms with van der Waals surface area (Å²) in [4.78, 5) is 0. The van der Waals surface area contributed by atoms with Gasteiger partial charge in [0.15, 0.2) is 0 Å². The standard InChI is InChI=1S/C23H20Cl2N2O2/c1-14(20-9-4-17(24)12-21(20)25)23(28)15-3-10-22-16(11-15)13-26-27(22)18-5-7-19(29-2)8-6-18/h3-14,23,28H,1-2H3. The molecule has 0 saturated carbocycles. The summed E-state index contributed by atoms with van der Waals surface area (Å²) in [5.41, 5.74) is 3.57. The molecule has 0 fully saturated rings. The number of benzene rings is 3. The Morgan fingerprint density at radius 1 is 1.00 bits per heavy atom. The smallest absolute Gasteiger partial charge is 0.119 e. The van der Waals surface area contributed by atoms with Gasteiger partial charge in [-0.25, -0.2) is 4.68 Å².